The van der Waals surface area contributed by atoms with Gasteiger partial charge in [0.1, 0.15) is 17.5 Å². The third-order valence-electron chi connectivity index (χ3n) is 6.08. The van der Waals surface area contributed by atoms with E-state index in [4.69, 9.17) is 9.26 Å². The zero-order valence-electron chi connectivity index (χ0n) is 18.7. The van der Waals surface area contributed by atoms with Gasteiger partial charge >= 0.3 is 6.03 Å². The van der Waals surface area contributed by atoms with Gasteiger partial charge < -0.3 is 14.2 Å². The van der Waals surface area contributed by atoms with Gasteiger partial charge in [-0.25, -0.2) is 36.0 Å². The highest BCUT2D eigenvalue weighted by molar-refractivity contribution is 7.88. The number of aromatic nitrogens is 1. The summed E-state index contributed by atoms with van der Waals surface area (Å²) in [7, 11) is -3.49. The lowest BCUT2D eigenvalue weighted by Crippen LogP contribution is -2.43. The second kappa shape index (κ2) is 8.50. The van der Waals surface area contributed by atoms with E-state index in [9.17, 15) is 26.4 Å². The lowest BCUT2D eigenvalue weighted by Gasteiger charge is -2.25. The number of carbonyl (C=O) groups is 1. The first-order chi connectivity index (χ1) is 16.6. The van der Waals surface area contributed by atoms with E-state index in [0.717, 1.165) is 6.26 Å². The predicted molar refractivity (Wildman–Crippen MR) is 119 cm³/mol. The monoisotopic (exact) mass is 510 g/mol. The molecule has 2 aromatic carbocycles. The highest BCUT2D eigenvalue weighted by Crippen LogP contribution is 2.42. The minimum atomic E-state index is -3.49. The molecule has 2 fully saturated rings. The molecule has 2 aliphatic rings. The fraction of sp³-hybridized carbons (Fsp3) is 0.364. The van der Waals surface area contributed by atoms with Gasteiger partial charge in [-0.3, -0.25) is 0 Å². The van der Waals surface area contributed by atoms with Gasteiger partial charge in [0.05, 0.1) is 23.2 Å². The number of rotatable bonds is 6. The molecule has 9 nitrogen and oxygen atoms in total. The zero-order chi connectivity index (χ0) is 25.1. The molecule has 2 amide bonds. The van der Waals surface area contributed by atoms with Crippen LogP contribution in [0.3, 0.4) is 0 Å². The Morgan fingerprint density at radius 1 is 1.23 bits per heavy atom. The van der Waals surface area contributed by atoms with E-state index in [2.05, 4.69) is 9.88 Å². The van der Waals surface area contributed by atoms with Gasteiger partial charge in [0.15, 0.2) is 17.6 Å². The summed E-state index contributed by atoms with van der Waals surface area (Å²) in [4.78, 5) is 16.2. The van der Waals surface area contributed by atoms with Crippen LogP contribution < -0.4 is 9.62 Å². The van der Waals surface area contributed by atoms with Crippen LogP contribution in [0.1, 0.15) is 13.3 Å². The van der Waals surface area contributed by atoms with Crippen molar-refractivity contribution in [1.82, 2.24) is 14.8 Å². The van der Waals surface area contributed by atoms with Gasteiger partial charge in [-0.2, -0.15) is 0 Å². The van der Waals surface area contributed by atoms with E-state index in [1.165, 1.54) is 28.0 Å². The summed E-state index contributed by atoms with van der Waals surface area (Å²) >= 11 is 0. The number of benzene rings is 2. The highest BCUT2D eigenvalue weighted by Gasteiger charge is 2.53. The molecule has 0 spiro atoms. The Balaban J connectivity index is 1.61. The molecule has 35 heavy (non-hydrogen) atoms. The molecular formula is C22H21F3N4O5S. The zero-order valence-corrected chi connectivity index (χ0v) is 19.5. The molecule has 0 bridgehead atoms. The second-order valence-corrected chi connectivity index (χ2v) is 10.3. The molecule has 186 valence electrons. The number of carbonyl (C=O) groups excluding carboxylic acids is 1. The van der Waals surface area contributed by atoms with Gasteiger partial charge in [-0.1, -0.05) is 17.3 Å². The molecule has 3 aromatic rings. The third kappa shape index (κ3) is 4.02. The molecule has 13 heteroatoms. The van der Waals surface area contributed by atoms with Gasteiger partial charge in [0.2, 0.25) is 10.0 Å². The first-order valence-corrected chi connectivity index (χ1v) is 12.7. The van der Waals surface area contributed by atoms with Crippen molar-refractivity contribution in [2.24, 2.45) is 0 Å². The first kappa shape index (κ1) is 23.6. The summed E-state index contributed by atoms with van der Waals surface area (Å²) in [6.45, 7) is 2.08. The van der Waals surface area contributed by atoms with E-state index in [1.807, 2.05) is 0 Å². The summed E-state index contributed by atoms with van der Waals surface area (Å²) in [5.74, 6) is -3.31. The summed E-state index contributed by atoms with van der Waals surface area (Å²) in [5, 5.41) is 4.18. The summed E-state index contributed by atoms with van der Waals surface area (Å²) in [6, 6.07) is 4.08. The predicted octanol–water partition coefficient (Wildman–Crippen LogP) is 3.21. The van der Waals surface area contributed by atoms with E-state index < -0.39 is 57.4 Å². The van der Waals surface area contributed by atoms with E-state index in [1.54, 1.807) is 6.92 Å². The quantitative estimate of drug-likeness (QED) is 0.546. The molecular weight excluding hydrogens is 489 g/mol. The number of fused-ring (bicyclic) bond motifs is 2. The number of nitrogens with one attached hydrogen (secondary N) is 1. The lowest BCUT2D eigenvalue weighted by molar-refractivity contribution is 0.0439. The van der Waals surface area contributed by atoms with Crippen LogP contribution in [0.2, 0.25) is 0 Å². The largest absolute Gasteiger partial charge is 0.356 e. The van der Waals surface area contributed by atoms with Crippen molar-refractivity contribution in [3.05, 3.63) is 47.8 Å². The van der Waals surface area contributed by atoms with E-state index in [-0.39, 0.29) is 35.5 Å². The average Bonchev–Trinajstić information content (AvgIpc) is 3.41. The van der Waals surface area contributed by atoms with Crippen LogP contribution >= 0.6 is 0 Å². The molecule has 1 N–H and O–H groups in total. The number of hydrogen-bond acceptors (Lipinski definition) is 6. The smallest absolute Gasteiger partial charge is 0.328 e. The van der Waals surface area contributed by atoms with Crippen molar-refractivity contribution in [3.8, 4) is 11.1 Å². The maximum absolute atomic E-state index is 14.7. The van der Waals surface area contributed by atoms with Crippen LogP contribution in [0.5, 0.6) is 0 Å². The maximum Gasteiger partial charge on any atom is 0.328 e. The van der Waals surface area contributed by atoms with Crippen molar-refractivity contribution in [2.45, 2.75) is 31.7 Å². The van der Waals surface area contributed by atoms with Crippen LogP contribution in [-0.4, -0.2) is 62.2 Å². The SMILES string of the molecule is CCO[C@@H]1[C@@H]2C[C@H](NS(C)(=O)=O)CN2C(=O)N1c1noc2cccc(-c3c(F)cc(F)cc3F)c12. The van der Waals surface area contributed by atoms with Crippen LogP contribution in [0.4, 0.5) is 23.8 Å². The van der Waals surface area contributed by atoms with Gasteiger partial charge in [-0.05, 0) is 19.4 Å². The van der Waals surface area contributed by atoms with Gasteiger partial charge in [-0.15, -0.1) is 0 Å². The molecule has 2 saturated heterocycles. The third-order valence-corrected chi connectivity index (χ3v) is 6.84. The molecule has 0 aliphatic carbocycles. The van der Waals surface area contributed by atoms with E-state index in [0.29, 0.717) is 18.6 Å². The average molecular weight is 510 g/mol. The Morgan fingerprint density at radius 2 is 1.94 bits per heavy atom. The second-order valence-electron chi connectivity index (χ2n) is 8.47. The summed E-state index contributed by atoms with van der Waals surface area (Å²) in [5.41, 5.74) is -0.299. The maximum atomic E-state index is 14.7. The Morgan fingerprint density at radius 3 is 2.60 bits per heavy atom. The minimum absolute atomic E-state index is 0.0100. The topological polar surface area (TPSA) is 105 Å². The molecule has 3 heterocycles. The fourth-order valence-corrected chi connectivity index (χ4v) is 5.66. The van der Waals surface area contributed by atoms with Crippen molar-refractivity contribution >= 4 is 32.8 Å². The molecule has 5 rings (SSSR count). The Labute approximate surface area is 198 Å². The van der Waals surface area contributed by atoms with Gasteiger partial charge in [0.25, 0.3) is 0 Å². The molecule has 0 radical (unpaired) electrons. The van der Waals surface area contributed by atoms with Crippen LogP contribution in [0.25, 0.3) is 22.1 Å². The minimum Gasteiger partial charge on any atom is -0.356 e. The van der Waals surface area contributed by atoms with Crippen molar-refractivity contribution in [3.63, 3.8) is 0 Å². The molecule has 1 aromatic heterocycles. The van der Waals surface area contributed by atoms with Crippen LogP contribution in [0.15, 0.2) is 34.9 Å². The van der Waals surface area contributed by atoms with Crippen molar-refractivity contribution in [1.29, 1.82) is 0 Å². The Bertz CT molecular complexity index is 1410. The number of sulfonamides is 1. The van der Waals surface area contributed by atoms with Crippen molar-refractivity contribution < 1.29 is 35.6 Å². The molecule has 3 atom stereocenters. The standard InChI is InChI=1S/C22H21F3N4O5S/c1-3-33-21-16-9-12(27-35(2,31)32)10-28(16)22(30)29(21)20-19-13(5-4-6-17(19)34-26-20)18-14(24)7-11(23)8-15(18)25/h4-8,12,16,21,27H,3,9-10H2,1-2H3/t12-,16-,21+/m0/s1. The fourth-order valence-electron chi connectivity index (χ4n) is 4.88. The highest BCUT2D eigenvalue weighted by atomic mass is 32.2. The van der Waals surface area contributed by atoms with Crippen molar-refractivity contribution in [2.75, 3.05) is 24.3 Å². The lowest BCUT2D eigenvalue weighted by atomic mass is 10.00. The number of anilines is 1. The Hall–Kier alpha value is -3.16. The molecule has 0 saturated carbocycles. The van der Waals surface area contributed by atoms with Gasteiger partial charge in [0, 0.05) is 36.9 Å². The summed E-state index contributed by atoms with van der Waals surface area (Å²) < 4.78 is 80.0. The number of urea groups is 1. The van der Waals surface area contributed by atoms with Crippen LogP contribution in [-0.2, 0) is 14.8 Å². The normalized spacial score (nSPS) is 22.4. The number of hydrogen-bond donors (Lipinski definition) is 1. The molecule has 2 aliphatic heterocycles. The summed E-state index contributed by atoms with van der Waals surface area (Å²) in [6.07, 6.45) is 0.480. The van der Waals surface area contributed by atoms with Crippen LogP contribution in [0, 0.1) is 17.5 Å². The number of ether oxygens (including phenoxy) is 1. The number of nitrogens with zero attached hydrogens (tertiary/aromatic N) is 3. The number of amides is 2. The van der Waals surface area contributed by atoms with E-state index >= 15 is 0 Å². The molecule has 0 unspecified atom stereocenters. The Kier molecular flexibility index (Phi) is 5.73. The first-order valence-electron chi connectivity index (χ1n) is 10.8. The number of halogens is 3.